The van der Waals surface area contributed by atoms with Gasteiger partial charge in [-0.2, -0.15) is 0 Å². The quantitative estimate of drug-likeness (QED) is 0.857. The molecule has 2 N–H and O–H groups in total. The van der Waals surface area contributed by atoms with Crippen molar-refractivity contribution in [2.45, 2.75) is 19.9 Å². The SMILES string of the molecule is CC1C(=O)N(CC(N)c2ccc(F)c(F)c2)C(=O)C1C. The molecule has 3 unspecified atom stereocenters. The van der Waals surface area contributed by atoms with E-state index in [9.17, 15) is 18.4 Å². The lowest BCUT2D eigenvalue weighted by Crippen LogP contribution is -2.37. The molecule has 0 radical (unpaired) electrons. The average Bonchev–Trinajstić information content (AvgIpc) is 2.59. The van der Waals surface area contributed by atoms with Gasteiger partial charge in [-0.3, -0.25) is 14.5 Å². The zero-order valence-corrected chi connectivity index (χ0v) is 11.3. The average molecular weight is 282 g/mol. The first-order valence-corrected chi connectivity index (χ1v) is 6.38. The van der Waals surface area contributed by atoms with Crippen molar-refractivity contribution in [2.24, 2.45) is 17.6 Å². The van der Waals surface area contributed by atoms with Crippen LogP contribution in [-0.2, 0) is 9.59 Å². The van der Waals surface area contributed by atoms with Crippen LogP contribution in [0.25, 0.3) is 0 Å². The Labute approximate surface area is 115 Å². The summed E-state index contributed by atoms with van der Waals surface area (Å²) in [7, 11) is 0. The molecule has 1 aliphatic rings. The van der Waals surface area contributed by atoms with Crippen LogP contribution in [0.1, 0.15) is 25.5 Å². The number of likely N-dealkylation sites (tertiary alicyclic amines) is 1. The smallest absolute Gasteiger partial charge is 0.232 e. The van der Waals surface area contributed by atoms with Gasteiger partial charge in [0, 0.05) is 24.4 Å². The first kappa shape index (κ1) is 14.6. The zero-order chi connectivity index (χ0) is 15.0. The van der Waals surface area contributed by atoms with E-state index < -0.39 is 17.7 Å². The lowest BCUT2D eigenvalue weighted by Gasteiger charge is -2.20. The topological polar surface area (TPSA) is 63.4 Å². The number of imide groups is 1. The van der Waals surface area contributed by atoms with Crippen molar-refractivity contribution in [3.63, 3.8) is 0 Å². The van der Waals surface area contributed by atoms with E-state index in [0.29, 0.717) is 5.56 Å². The Bertz CT molecular complexity index is 542. The first-order chi connectivity index (χ1) is 9.32. The minimum absolute atomic E-state index is 0.0303. The third-order valence-electron chi connectivity index (χ3n) is 3.81. The third kappa shape index (κ3) is 2.43. The zero-order valence-electron chi connectivity index (χ0n) is 11.3. The van der Waals surface area contributed by atoms with Crippen LogP contribution < -0.4 is 5.73 Å². The van der Waals surface area contributed by atoms with Crippen molar-refractivity contribution in [2.75, 3.05) is 6.54 Å². The summed E-state index contributed by atoms with van der Waals surface area (Å²) in [6, 6.07) is 2.57. The highest BCUT2D eigenvalue weighted by Gasteiger charge is 2.42. The summed E-state index contributed by atoms with van der Waals surface area (Å²) < 4.78 is 26.0. The van der Waals surface area contributed by atoms with Gasteiger partial charge in [0.15, 0.2) is 11.6 Å². The van der Waals surface area contributed by atoms with Gasteiger partial charge in [-0.05, 0) is 17.7 Å². The Balaban J connectivity index is 2.15. The molecule has 0 spiro atoms. The molecule has 1 aliphatic heterocycles. The van der Waals surface area contributed by atoms with Crippen LogP contribution in [0.5, 0.6) is 0 Å². The standard InChI is InChI=1S/C14H16F2N2O2/c1-7-8(2)14(20)18(13(7)19)6-12(17)9-3-4-10(15)11(16)5-9/h3-5,7-8,12H,6,17H2,1-2H3. The second-order valence-electron chi connectivity index (χ2n) is 5.14. The molecular weight excluding hydrogens is 266 g/mol. The van der Waals surface area contributed by atoms with Crippen molar-refractivity contribution in [3.8, 4) is 0 Å². The van der Waals surface area contributed by atoms with Crippen LogP contribution in [0.15, 0.2) is 18.2 Å². The number of nitrogens with zero attached hydrogens (tertiary/aromatic N) is 1. The molecule has 2 rings (SSSR count). The Hall–Kier alpha value is -1.82. The third-order valence-corrected chi connectivity index (χ3v) is 3.81. The number of rotatable bonds is 3. The fraction of sp³-hybridized carbons (Fsp3) is 0.429. The molecule has 1 heterocycles. The van der Waals surface area contributed by atoms with E-state index in [-0.39, 0.29) is 30.2 Å². The second kappa shape index (κ2) is 5.28. The highest BCUT2D eigenvalue weighted by molar-refractivity contribution is 6.04. The van der Waals surface area contributed by atoms with Crippen LogP contribution in [0, 0.1) is 23.5 Å². The lowest BCUT2D eigenvalue weighted by molar-refractivity contribution is -0.140. The van der Waals surface area contributed by atoms with E-state index in [1.54, 1.807) is 13.8 Å². The van der Waals surface area contributed by atoms with Gasteiger partial charge in [-0.25, -0.2) is 8.78 Å². The predicted molar refractivity (Wildman–Crippen MR) is 68.3 cm³/mol. The number of halogens is 2. The predicted octanol–water partition coefficient (Wildman–Crippen LogP) is 1.61. The summed E-state index contributed by atoms with van der Waals surface area (Å²) in [6.07, 6.45) is 0. The highest BCUT2D eigenvalue weighted by Crippen LogP contribution is 2.27. The molecule has 108 valence electrons. The molecule has 1 saturated heterocycles. The number of hydrogen-bond acceptors (Lipinski definition) is 3. The molecule has 4 nitrogen and oxygen atoms in total. The van der Waals surface area contributed by atoms with Crippen LogP contribution in [0.4, 0.5) is 8.78 Å². The van der Waals surface area contributed by atoms with E-state index in [1.807, 2.05) is 0 Å². The Morgan fingerprint density at radius 1 is 1.15 bits per heavy atom. The number of benzene rings is 1. The number of amides is 2. The van der Waals surface area contributed by atoms with Crippen molar-refractivity contribution in [3.05, 3.63) is 35.4 Å². The molecule has 0 saturated carbocycles. The number of carbonyl (C=O) groups excluding carboxylic acids is 2. The molecule has 3 atom stereocenters. The number of nitrogens with two attached hydrogens (primary N) is 1. The fourth-order valence-electron chi connectivity index (χ4n) is 2.25. The number of carbonyl (C=O) groups is 2. The van der Waals surface area contributed by atoms with Gasteiger partial charge in [-0.15, -0.1) is 0 Å². The van der Waals surface area contributed by atoms with Gasteiger partial charge in [-0.1, -0.05) is 19.9 Å². The van der Waals surface area contributed by atoms with E-state index in [2.05, 4.69) is 0 Å². The van der Waals surface area contributed by atoms with Crippen LogP contribution in [-0.4, -0.2) is 23.3 Å². The maximum atomic E-state index is 13.2. The molecule has 6 heteroatoms. The first-order valence-electron chi connectivity index (χ1n) is 6.38. The minimum Gasteiger partial charge on any atom is -0.322 e. The Kier molecular flexibility index (Phi) is 3.85. The van der Waals surface area contributed by atoms with Gasteiger partial charge < -0.3 is 5.73 Å². The fourth-order valence-corrected chi connectivity index (χ4v) is 2.25. The summed E-state index contributed by atoms with van der Waals surface area (Å²) in [5, 5.41) is 0. The van der Waals surface area contributed by atoms with Gasteiger partial charge in [0.1, 0.15) is 0 Å². The van der Waals surface area contributed by atoms with Crippen molar-refractivity contribution < 1.29 is 18.4 Å². The van der Waals surface area contributed by atoms with Gasteiger partial charge in [0.05, 0.1) is 0 Å². The normalized spacial score (nSPS) is 24.4. The maximum Gasteiger partial charge on any atom is 0.232 e. The van der Waals surface area contributed by atoms with Crippen molar-refractivity contribution in [1.82, 2.24) is 4.90 Å². The van der Waals surface area contributed by atoms with E-state index >= 15 is 0 Å². The molecule has 1 aromatic carbocycles. The molecule has 2 amide bonds. The lowest BCUT2D eigenvalue weighted by atomic mass is 10.00. The monoisotopic (exact) mass is 282 g/mol. The van der Waals surface area contributed by atoms with Crippen LogP contribution in [0.2, 0.25) is 0 Å². The Morgan fingerprint density at radius 2 is 1.70 bits per heavy atom. The van der Waals surface area contributed by atoms with E-state index in [0.717, 1.165) is 17.0 Å². The van der Waals surface area contributed by atoms with Gasteiger partial charge in [0.2, 0.25) is 11.8 Å². The summed E-state index contributed by atoms with van der Waals surface area (Å²) in [5.41, 5.74) is 6.22. The molecule has 0 aliphatic carbocycles. The second-order valence-corrected chi connectivity index (χ2v) is 5.14. The molecule has 1 fully saturated rings. The highest BCUT2D eigenvalue weighted by atomic mass is 19.2. The maximum absolute atomic E-state index is 13.2. The summed E-state index contributed by atoms with van der Waals surface area (Å²) in [6.45, 7) is 3.35. The summed E-state index contributed by atoms with van der Waals surface area (Å²) in [5.74, 6) is -3.27. The van der Waals surface area contributed by atoms with E-state index in [1.165, 1.54) is 6.07 Å². The molecular formula is C14H16F2N2O2. The van der Waals surface area contributed by atoms with Gasteiger partial charge in [0.25, 0.3) is 0 Å². The van der Waals surface area contributed by atoms with Crippen LogP contribution in [0.3, 0.4) is 0 Å². The summed E-state index contributed by atoms with van der Waals surface area (Å²) in [4.78, 5) is 25.0. The van der Waals surface area contributed by atoms with Crippen LogP contribution >= 0.6 is 0 Å². The van der Waals surface area contributed by atoms with Crippen molar-refractivity contribution in [1.29, 1.82) is 0 Å². The molecule has 1 aromatic rings. The minimum atomic E-state index is -1.00. The Morgan fingerprint density at radius 3 is 2.20 bits per heavy atom. The molecule has 20 heavy (non-hydrogen) atoms. The summed E-state index contributed by atoms with van der Waals surface area (Å²) >= 11 is 0. The van der Waals surface area contributed by atoms with Crippen molar-refractivity contribution >= 4 is 11.8 Å². The number of hydrogen-bond donors (Lipinski definition) is 1. The largest absolute Gasteiger partial charge is 0.322 e. The molecule has 0 aromatic heterocycles. The van der Waals surface area contributed by atoms with Gasteiger partial charge >= 0.3 is 0 Å². The van der Waals surface area contributed by atoms with E-state index in [4.69, 9.17) is 5.73 Å². The molecule has 0 bridgehead atoms.